The van der Waals surface area contributed by atoms with Crippen molar-refractivity contribution in [2.24, 2.45) is 0 Å². The second kappa shape index (κ2) is 5.60. The van der Waals surface area contributed by atoms with Crippen LogP contribution < -0.4 is 10.1 Å². The van der Waals surface area contributed by atoms with E-state index in [0.717, 1.165) is 19.3 Å². The number of amides is 1. The van der Waals surface area contributed by atoms with E-state index in [1.54, 1.807) is 13.2 Å². The van der Waals surface area contributed by atoms with Gasteiger partial charge in [-0.1, -0.05) is 42.5 Å². The van der Waals surface area contributed by atoms with Gasteiger partial charge in [0.2, 0.25) is 0 Å². The van der Waals surface area contributed by atoms with Gasteiger partial charge in [0.05, 0.1) is 18.2 Å². The molecule has 2 aromatic carbocycles. The number of hydrogen-bond acceptors (Lipinski definition) is 2. The minimum atomic E-state index is -0.223. The number of nitrogens with one attached hydrogen (secondary N) is 1. The number of para-hydroxylation sites is 1. The van der Waals surface area contributed by atoms with E-state index in [1.165, 1.54) is 5.56 Å². The molecule has 3 heteroatoms. The third-order valence-corrected chi connectivity index (χ3v) is 4.24. The molecule has 0 spiro atoms. The molecule has 0 heterocycles. The maximum absolute atomic E-state index is 12.6. The maximum Gasteiger partial charge on any atom is 0.255 e. The topological polar surface area (TPSA) is 38.3 Å². The Bertz CT molecular complexity index is 633. The molecule has 1 aliphatic rings. The number of carbonyl (C=O) groups is 1. The van der Waals surface area contributed by atoms with Crippen molar-refractivity contribution in [3.8, 4) is 5.75 Å². The van der Waals surface area contributed by atoms with Gasteiger partial charge in [-0.25, -0.2) is 0 Å². The summed E-state index contributed by atoms with van der Waals surface area (Å²) in [5, 5.41) is 3.22. The number of carbonyl (C=O) groups excluding carboxylic acids is 1. The average molecular weight is 281 g/mol. The van der Waals surface area contributed by atoms with E-state index in [9.17, 15) is 4.79 Å². The zero-order valence-electron chi connectivity index (χ0n) is 12.1. The van der Waals surface area contributed by atoms with E-state index in [-0.39, 0.29) is 11.4 Å². The van der Waals surface area contributed by atoms with Gasteiger partial charge in [-0.2, -0.15) is 0 Å². The fourth-order valence-corrected chi connectivity index (χ4v) is 2.89. The van der Waals surface area contributed by atoms with Crippen molar-refractivity contribution >= 4 is 5.91 Å². The summed E-state index contributed by atoms with van der Waals surface area (Å²) in [6.45, 7) is 0. The molecule has 1 N–H and O–H groups in total. The summed E-state index contributed by atoms with van der Waals surface area (Å²) in [6.07, 6.45) is 3.11. The van der Waals surface area contributed by atoms with Crippen LogP contribution in [0.15, 0.2) is 54.6 Å². The zero-order valence-corrected chi connectivity index (χ0v) is 12.1. The Morgan fingerprint density at radius 3 is 2.33 bits per heavy atom. The Labute approximate surface area is 124 Å². The van der Waals surface area contributed by atoms with Crippen molar-refractivity contribution in [2.45, 2.75) is 24.8 Å². The monoisotopic (exact) mass is 281 g/mol. The highest BCUT2D eigenvalue weighted by atomic mass is 16.5. The molecular formula is C18H19NO2. The fraction of sp³-hybridized carbons (Fsp3) is 0.278. The molecular weight excluding hydrogens is 262 g/mol. The van der Waals surface area contributed by atoms with E-state index in [4.69, 9.17) is 4.74 Å². The first-order valence-corrected chi connectivity index (χ1v) is 7.26. The number of benzene rings is 2. The molecule has 3 nitrogen and oxygen atoms in total. The first-order chi connectivity index (χ1) is 10.2. The lowest BCUT2D eigenvalue weighted by molar-refractivity contribution is 0.0820. The first-order valence-electron chi connectivity index (χ1n) is 7.26. The predicted molar refractivity (Wildman–Crippen MR) is 82.4 cm³/mol. The largest absolute Gasteiger partial charge is 0.496 e. The molecule has 0 bridgehead atoms. The van der Waals surface area contributed by atoms with Crippen LogP contribution in [-0.4, -0.2) is 13.0 Å². The predicted octanol–water partition coefficient (Wildman–Crippen LogP) is 3.50. The summed E-state index contributed by atoms with van der Waals surface area (Å²) in [4.78, 5) is 12.6. The third-order valence-electron chi connectivity index (χ3n) is 4.24. The lowest BCUT2D eigenvalue weighted by atomic mass is 9.71. The molecule has 108 valence electrons. The molecule has 0 aromatic heterocycles. The Morgan fingerprint density at radius 2 is 1.71 bits per heavy atom. The maximum atomic E-state index is 12.6. The van der Waals surface area contributed by atoms with Gasteiger partial charge in [-0.15, -0.1) is 0 Å². The normalized spacial score (nSPS) is 15.9. The lowest BCUT2D eigenvalue weighted by Gasteiger charge is -2.43. The van der Waals surface area contributed by atoms with Crippen LogP contribution in [0.25, 0.3) is 0 Å². The minimum absolute atomic E-state index is 0.0731. The van der Waals surface area contributed by atoms with Crippen molar-refractivity contribution in [1.29, 1.82) is 0 Å². The highest BCUT2D eigenvalue weighted by Gasteiger charge is 2.40. The Kier molecular flexibility index (Phi) is 3.65. The SMILES string of the molecule is COc1ccccc1C(=O)NC1(c2ccccc2)CCC1. The van der Waals surface area contributed by atoms with Gasteiger partial charge in [0.25, 0.3) is 5.91 Å². The van der Waals surface area contributed by atoms with Crippen LogP contribution in [-0.2, 0) is 5.54 Å². The van der Waals surface area contributed by atoms with Crippen LogP contribution in [0.5, 0.6) is 5.75 Å². The smallest absolute Gasteiger partial charge is 0.255 e. The van der Waals surface area contributed by atoms with Gasteiger partial charge in [0.1, 0.15) is 5.75 Å². The minimum Gasteiger partial charge on any atom is -0.496 e. The molecule has 0 unspecified atom stereocenters. The van der Waals surface area contributed by atoms with Gasteiger partial charge >= 0.3 is 0 Å². The molecule has 1 amide bonds. The first kappa shape index (κ1) is 13.7. The molecule has 0 aliphatic heterocycles. The van der Waals surface area contributed by atoms with E-state index in [0.29, 0.717) is 11.3 Å². The van der Waals surface area contributed by atoms with E-state index in [2.05, 4.69) is 17.4 Å². The zero-order chi connectivity index (χ0) is 14.7. The van der Waals surface area contributed by atoms with Crippen LogP contribution in [0.4, 0.5) is 0 Å². The van der Waals surface area contributed by atoms with Gasteiger partial charge in [-0.05, 0) is 37.0 Å². The highest BCUT2D eigenvalue weighted by molar-refractivity contribution is 5.97. The van der Waals surface area contributed by atoms with Crippen LogP contribution >= 0.6 is 0 Å². The van der Waals surface area contributed by atoms with Crippen LogP contribution in [0.2, 0.25) is 0 Å². The summed E-state index contributed by atoms with van der Waals surface area (Å²) >= 11 is 0. The van der Waals surface area contributed by atoms with Crippen molar-refractivity contribution in [3.63, 3.8) is 0 Å². The van der Waals surface area contributed by atoms with Gasteiger partial charge in [-0.3, -0.25) is 4.79 Å². The average Bonchev–Trinajstić information content (AvgIpc) is 2.51. The lowest BCUT2D eigenvalue weighted by Crippen LogP contribution is -2.50. The molecule has 0 saturated heterocycles. The van der Waals surface area contributed by atoms with E-state index < -0.39 is 0 Å². The van der Waals surface area contributed by atoms with Crippen LogP contribution in [0.3, 0.4) is 0 Å². The number of methoxy groups -OCH3 is 1. The molecule has 1 aliphatic carbocycles. The standard InChI is InChI=1S/C18H19NO2/c1-21-16-11-6-5-10-15(16)17(20)19-18(12-7-13-18)14-8-3-2-4-9-14/h2-6,8-11H,7,12-13H2,1H3,(H,19,20). The van der Waals surface area contributed by atoms with Crippen molar-refractivity contribution in [3.05, 3.63) is 65.7 Å². The van der Waals surface area contributed by atoms with Crippen molar-refractivity contribution in [1.82, 2.24) is 5.32 Å². The highest BCUT2D eigenvalue weighted by Crippen LogP contribution is 2.41. The Morgan fingerprint density at radius 1 is 1.05 bits per heavy atom. The number of rotatable bonds is 4. The second-order valence-electron chi connectivity index (χ2n) is 5.46. The third kappa shape index (κ3) is 2.51. The number of ether oxygens (including phenoxy) is 1. The van der Waals surface area contributed by atoms with E-state index >= 15 is 0 Å². The quantitative estimate of drug-likeness (QED) is 0.931. The summed E-state index contributed by atoms with van der Waals surface area (Å²) in [5.41, 5.74) is 1.54. The van der Waals surface area contributed by atoms with Gasteiger partial charge in [0, 0.05) is 0 Å². The Hall–Kier alpha value is -2.29. The molecule has 0 radical (unpaired) electrons. The molecule has 21 heavy (non-hydrogen) atoms. The molecule has 1 fully saturated rings. The molecule has 3 rings (SSSR count). The Balaban J connectivity index is 1.86. The summed E-state index contributed by atoms with van der Waals surface area (Å²) in [7, 11) is 1.59. The van der Waals surface area contributed by atoms with Gasteiger partial charge < -0.3 is 10.1 Å². The van der Waals surface area contributed by atoms with Crippen LogP contribution in [0.1, 0.15) is 35.2 Å². The molecule has 1 saturated carbocycles. The van der Waals surface area contributed by atoms with Crippen molar-refractivity contribution in [2.75, 3.05) is 7.11 Å². The van der Waals surface area contributed by atoms with E-state index in [1.807, 2.05) is 36.4 Å². The van der Waals surface area contributed by atoms with Crippen LogP contribution in [0, 0.1) is 0 Å². The molecule has 2 aromatic rings. The number of hydrogen-bond donors (Lipinski definition) is 1. The second-order valence-corrected chi connectivity index (χ2v) is 5.46. The summed E-state index contributed by atoms with van der Waals surface area (Å²) < 4.78 is 5.28. The fourth-order valence-electron chi connectivity index (χ4n) is 2.89. The summed E-state index contributed by atoms with van der Waals surface area (Å²) in [5.74, 6) is 0.536. The van der Waals surface area contributed by atoms with Gasteiger partial charge in [0.15, 0.2) is 0 Å². The summed E-state index contributed by atoms with van der Waals surface area (Å²) in [6, 6.07) is 17.5. The molecule has 0 atom stereocenters. The van der Waals surface area contributed by atoms with Crippen molar-refractivity contribution < 1.29 is 9.53 Å².